The molecule has 1 atom stereocenters. The highest BCUT2D eigenvalue weighted by atomic mass is 16.1. The van der Waals surface area contributed by atoms with Gasteiger partial charge >= 0.3 is 0 Å². The van der Waals surface area contributed by atoms with Crippen LogP contribution in [-0.4, -0.2) is 5.91 Å². The molecule has 0 aliphatic carbocycles. The number of nitrogens with one attached hydrogen (secondary N) is 1. The second-order valence-corrected chi connectivity index (χ2v) is 3.78. The van der Waals surface area contributed by atoms with Gasteiger partial charge in [-0.1, -0.05) is 18.2 Å². The topological polar surface area (TPSA) is 55.1 Å². The Morgan fingerprint density at radius 3 is 2.62 bits per heavy atom. The van der Waals surface area contributed by atoms with E-state index in [0.29, 0.717) is 0 Å². The number of rotatable bonds is 5. The van der Waals surface area contributed by atoms with Crippen LogP contribution in [0.4, 0.5) is 5.69 Å². The van der Waals surface area contributed by atoms with Gasteiger partial charge in [0.25, 0.3) is 0 Å². The molecule has 3 nitrogen and oxygen atoms in total. The van der Waals surface area contributed by atoms with E-state index in [9.17, 15) is 4.79 Å². The van der Waals surface area contributed by atoms with Crippen molar-refractivity contribution in [3.8, 4) is 0 Å². The summed E-state index contributed by atoms with van der Waals surface area (Å²) in [7, 11) is 0. The molecule has 3 heteroatoms. The average molecular weight is 218 g/mol. The van der Waals surface area contributed by atoms with Crippen LogP contribution < -0.4 is 11.1 Å². The molecule has 1 aromatic rings. The standard InChI is InChI=1S/C13H18N2O/c1-3-4-5-13(14)11-6-8-12(9-7-11)15-10(2)16/h3,6-9,13H,1,4-5,14H2,2H3,(H,15,16)/t13-/m1/s1. The normalized spacial score (nSPS) is 11.9. The van der Waals surface area contributed by atoms with Crippen LogP contribution in [0.2, 0.25) is 0 Å². The van der Waals surface area contributed by atoms with Crippen molar-refractivity contribution in [1.82, 2.24) is 0 Å². The van der Waals surface area contributed by atoms with Crippen LogP contribution in [0.25, 0.3) is 0 Å². The molecule has 0 saturated carbocycles. The van der Waals surface area contributed by atoms with E-state index in [1.807, 2.05) is 30.3 Å². The van der Waals surface area contributed by atoms with Crippen LogP contribution >= 0.6 is 0 Å². The van der Waals surface area contributed by atoms with Gasteiger partial charge in [0.1, 0.15) is 0 Å². The molecule has 0 saturated heterocycles. The minimum absolute atomic E-state index is 0.0318. The van der Waals surface area contributed by atoms with Gasteiger partial charge in [0, 0.05) is 18.7 Å². The van der Waals surface area contributed by atoms with Gasteiger partial charge in [0.15, 0.2) is 0 Å². The molecule has 0 spiro atoms. The highest BCUT2D eigenvalue weighted by Crippen LogP contribution is 2.18. The first kappa shape index (κ1) is 12.5. The smallest absolute Gasteiger partial charge is 0.221 e. The number of hydrogen-bond acceptors (Lipinski definition) is 2. The number of carbonyl (C=O) groups is 1. The Hall–Kier alpha value is -1.61. The number of benzene rings is 1. The molecule has 3 N–H and O–H groups in total. The number of allylic oxidation sites excluding steroid dienone is 1. The highest BCUT2D eigenvalue weighted by Gasteiger charge is 2.04. The van der Waals surface area contributed by atoms with E-state index in [2.05, 4.69) is 11.9 Å². The predicted octanol–water partition coefficient (Wildman–Crippen LogP) is 2.61. The second kappa shape index (κ2) is 6.08. The van der Waals surface area contributed by atoms with Crippen LogP contribution in [0.1, 0.15) is 31.4 Å². The first-order chi connectivity index (χ1) is 7.63. The minimum Gasteiger partial charge on any atom is -0.326 e. The van der Waals surface area contributed by atoms with Crippen molar-refractivity contribution in [2.75, 3.05) is 5.32 Å². The Kier molecular flexibility index (Phi) is 4.73. The number of anilines is 1. The second-order valence-electron chi connectivity index (χ2n) is 3.78. The van der Waals surface area contributed by atoms with Gasteiger partial charge in [-0.15, -0.1) is 6.58 Å². The van der Waals surface area contributed by atoms with Crippen molar-refractivity contribution >= 4 is 11.6 Å². The van der Waals surface area contributed by atoms with E-state index in [1.54, 1.807) is 0 Å². The molecule has 0 fully saturated rings. The maximum atomic E-state index is 10.8. The van der Waals surface area contributed by atoms with E-state index in [4.69, 9.17) is 5.73 Å². The summed E-state index contributed by atoms with van der Waals surface area (Å²) in [6, 6.07) is 7.65. The third kappa shape index (κ3) is 3.87. The summed E-state index contributed by atoms with van der Waals surface area (Å²) >= 11 is 0. The fourth-order valence-electron chi connectivity index (χ4n) is 1.48. The Balaban J connectivity index is 2.62. The SMILES string of the molecule is C=CCC[C@@H](N)c1ccc(NC(C)=O)cc1. The predicted molar refractivity (Wildman–Crippen MR) is 67.1 cm³/mol. The van der Waals surface area contributed by atoms with Crippen LogP contribution in [0.5, 0.6) is 0 Å². The van der Waals surface area contributed by atoms with E-state index in [0.717, 1.165) is 24.1 Å². The summed E-state index contributed by atoms with van der Waals surface area (Å²) in [6.07, 6.45) is 3.67. The van der Waals surface area contributed by atoms with Crippen molar-refractivity contribution in [3.05, 3.63) is 42.5 Å². The molecule has 0 heterocycles. The molecule has 0 aromatic heterocycles. The van der Waals surface area contributed by atoms with Crippen molar-refractivity contribution < 1.29 is 4.79 Å². The van der Waals surface area contributed by atoms with Crippen molar-refractivity contribution in [2.45, 2.75) is 25.8 Å². The Labute approximate surface area is 96.3 Å². The van der Waals surface area contributed by atoms with E-state index in [-0.39, 0.29) is 11.9 Å². The Morgan fingerprint density at radius 1 is 1.50 bits per heavy atom. The molecule has 0 radical (unpaired) electrons. The molecule has 0 aliphatic rings. The third-order valence-electron chi connectivity index (χ3n) is 2.34. The molecule has 0 aliphatic heterocycles. The average Bonchev–Trinajstić information content (AvgIpc) is 2.26. The maximum Gasteiger partial charge on any atom is 0.221 e. The van der Waals surface area contributed by atoms with Gasteiger partial charge < -0.3 is 11.1 Å². The molecule has 0 unspecified atom stereocenters. The first-order valence-electron chi connectivity index (χ1n) is 5.37. The number of nitrogens with two attached hydrogens (primary N) is 1. The fourth-order valence-corrected chi connectivity index (χ4v) is 1.48. The molecule has 16 heavy (non-hydrogen) atoms. The van der Waals surface area contributed by atoms with Gasteiger partial charge in [0.05, 0.1) is 0 Å². The van der Waals surface area contributed by atoms with E-state index < -0.39 is 0 Å². The minimum atomic E-state index is -0.0660. The van der Waals surface area contributed by atoms with E-state index in [1.165, 1.54) is 6.92 Å². The quantitative estimate of drug-likeness (QED) is 0.746. The molecule has 1 aromatic carbocycles. The molecule has 86 valence electrons. The lowest BCUT2D eigenvalue weighted by atomic mass is 10.0. The van der Waals surface area contributed by atoms with Crippen LogP contribution in [0.3, 0.4) is 0 Å². The van der Waals surface area contributed by atoms with E-state index >= 15 is 0 Å². The summed E-state index contributed by atoms with van der Waals surface area (Å²) in [5.41, 5.74) is 7.88. The lowest BCUT2D eigenvalue weighted by Gasteiger charge is -2.11. The molecular weight excluding hydrogens is 200 g/mol. The zero-order valence-electron chi connectivity index (χ0n) is 9.57. The zero-order valence-corrected chi connectivity index (χ0v) is 9.57. The third-order valence-corrected chi connectivity index (χ3v) is 2.34. The zero-order chi connectivity index (χ0) is 12.0. The monoisotopic (exact) mass is 218 g/mol. The van der Waals surface area contributed by atoms with Gasteiger partial charge in [-0.3, -0.25) is 4.79 Å². The molecular formula is C13H18N2O. The highest BCUT2D eigenvalue weighted by molar-refractivity contribution is 5.88. The van der Waals surface area contributed by atoms with Crippen LogP contribution in [0, 0.1) is 0 Å². The van der Waals surface area contributed by atoms with Crippen molar-refractivity contribution in [1.29, 1.82) is 0 Å². The lowest BCUT2D eigenvalue weighted by Crippen LogP contribution is -2.10. The summed E-state index contributed by atoms with van der Waals surface area (Å²) in [4.78, 5) is 10.8. The van der Waals surface area contributed by atoms with Gasteiger partial charge in [-0.2, -0.15) is 0 Å². The largest absolute Gasteiger partial charge is 0.326 e. The van der Waals surface area contributed by atoms with Gasteiger partial charge in [-0.05, 0) is 30.5 Å². The number of carbonyl (C=O) groups excluding carboxylic acids is 1. The van der Waals surface area contributed by atoms with Crippen molar-refractivity contribution in [3.63, 3.8) is 0 Å². The summed E-state index contributed by atoms with van der Waals surface area (Å²) in [5.74, 6) is -0.0660. The summed E-state index contributed by atoms with van der Waals surface area (Å²) in [5, 5.41) is 2.72. The summed E-state index contributed by atoms with van der Waals surface area (Å²) in [6.45, 7) is 5.16. The van der Waals surface area contributed by atoms with Crippen molar-refractivity contribution in [2.24, 2.45) is 5.73 Å². The Morgan fingerprint density at radius 2 is 2.12 bits per heavy atom. The lowest BCUT2D eigenvalue weighted by molar-refractivity contribution is -0.114. The van der Waals surface area contributed by atoms with Gasteiger partial charge in [-0.25, -0.2) is 0 Å². The first-order valence-corrected chi connectivity index (χ1v) is 5.37. The molecule has 0 bridgehead atoms. The number of hydrogen-bond donors (Lipinski definition) is 2. The summed E-state index contributed by atoms with van der Waals surface area (Å²) < 4.78 is 0. The van der Waals surface area contributed by atoms with Crippen LogP contribution in [-0.2, 0) is 4.79 Å². The fraction of sp³-hybridized carbons (Fsp3) is 0.308. The maximum absolute atomic E-state index is 10.8. The molecule has 1 amide bonds. The van der Waals surface area contributed by atoms with Crippen LogP contribution in [0.15, 0.2) is 36.9 Å². The molecule has 1 rings (SSSR count). The van der Waals surface area contributed by atoms with Gasteiger partial charge in [0.2, 0.25) is 5.91 Å². The number of amides is 1. The Bertz CT molecular complexity index is 357.